The second-order valence-corrected chi connectivity index (χ2v) is 6.98. The van der Waals surface area contributed by atoms with Crippen molar-refractivity contribution in [3.8, 4) is 11.5 Å². The van der Waals surface area contributed by atoms with Crippen LogP contribution in [0.15, 0.2) is 12.1 Å². The molecule has 0 unspecified atom stereocenters. The van der Waals surface area contributed by atoms with Gasteiger partial charge in [0.15, 0.2) is 18.1 Å². The van der Waals surface area contributed by atoms with Gasteiger partial charge >= 0.3 is 0 Å². The zero-order valence-corrected chi connectivity index (χ0v) is 15.8. The van der Waals surface area contributed by atoms with E-state index in [0.717, 1.165) is 18.0 Å². The minimum Gasteiger partial charge on any atom is -0.493 e. The van der Waals surface area contributed by atoms with Crippen LogP contribution in [0.25, 0.3) is 0 Å². The van der Waals surface area contributed by atoms with Gasteiger partial charge in [-0.3, -0.25) is 4.79 Å². The molecular formula is C18H28ClN3O3. The van der Waals surface area contributed by atoms with E-state index < -0.39 is 5.91 Å². The maximum atomic E-state index is 10.9. The first kappa shape index (κ1) is 19.8. The lowest BCUT2D eigenvalue weighted by atomic mass is 9.94. The number of ether oxygens (including phenoxy) is 2. The zero-order chi connectivity index (χ0) is 18.2. The molecule has 0 saturated carbocycles. The Morgan fingerprint density at radius 1 is 1.40 bits per heavy atom. The molecule has 1 heterocycles. The third-order valence-corrected chi connectivity index (χ3v) is 4.83. The van der Waals surface area contributed by atoms with E-state index in [2.05, 4.69) is 17.3 Å². The number of piperidine rings is 1. The number of likely N-dealkylation sites (tertiary alicyclic amines) is 1. The second-order valence-electron chi connectivity index (χ2n) is 6.58. The number of nitrogens with two attached hydrogens (primary N) is 1. The van der Waals surface area contributed by atoms with E-state index in [1.165, 1.54) is 32.4 Å². The summed E-state index contributed by atoms with van der Waals surface area (Å²) in [4.78, 5) is 13.3. The van der Waals surface area contributed by atoms with Gasteiger partial charge in [0, 0.05) is 6.54 Å². The predicted molar refractivity (Wildman–Crippen MR) is 99.2 cm³/mol. The molecule has 1 fully saturated rings. The highest BCUT2D eigenvalue weighted by Gasteiger charge is 2.16. The molecule has 0 atom stereocenters. The van der Waals surface area contributed by atoms with Gasteiger partial charge in [0.1, 0.15) is 0 Å². The number of nitrogens with zero attached hydrogens (tertiary/aromatic N) is 1. The summed E-state index contributed by atoms with van der Waals surface area (Å²) in [5.41, 5.74) is 6.11. The van der Waals surface area contributed by atoms with E-state index in [1.807, 2.05) is 12.1 Å². The number of rotatable bonds is 9. The maximum absolute atomic E-state index is 10.9. The van der Waals surface area contributed by atoms with Crippen LogP contribution < -0.4 is 20.5 Å². The van der Waals surface area contributed by atoms with Crippen LogP contribution in [-0.4, -0.2) is 51.2 Å². The number of carbonyl (C=O) groups excluding carboxylic acids is 1. The molecule has 2 rings (SSSR count). The first-order valence-electron chi connectivity index (χ1n) is 8.66. The molecule has 0 bridgehead atoms. The molecule has 140 valence electrons. The number of methoxy groups -OCH3 is 1. The largest absolute Gasteiger partial charge is 0.493 e. The first-order valence-corrected chi connectivity index (χ1v) is 9.04. The van der Waals surface area contributed by atoms with Gasteiger partial charge in [-0.1, -0.05) is 11.6 Å². The van der Waals surface area contributed by atoms with Crippen molar-refractivity contribution >= 4 is 17.5 Å². The minimum atomic E-state index is -0.558. The molecule has 1 saturated heterocycles. The van der Waals surface area contributed by atoms with Gasteiger partial charge in [0.25, 0.3) is 5.91 Å². The van der Waals surface area contributed by atoms with Crippen LogP contribution >= 0.6 is 11.6 Å². The first-order chi connectivity index (χ1) is 12.0. The number of benzene rings is 1. The van der Waals surface area contributed by atoms with Crippen LogP contribution in [0.4, 0.5) is 0 Å². The third-order valence-electron chi connectivity index (χ3n) is 4.54. The smallest absolute Gasteiger partial charge is 0.255 e. The maximum Gasteiger partial charge on any atom is 0.255 e. The predicted octanol–water partition coefficient (Wildman–Crippen LogP) is 2.03. The number of nitrogens with one attached hydrogen (secondary N) is 1. The summed E-state index contributed by atoms with van der Waals surface area (Å²) in [7, 11) is 3.72. The number of carbonyl (C=O) groups is 1. The molecule has 0 aliphatic carbocycles. The van der Waals surface area contributed by atoms with Gasteiger partial charge in [0.2, 0.25) is 0 Å². The Balaban J connectivity index is 1.83. The fourth-order valence-corrected chi connectivity index (χ4v) is 3.34. The van der Waals surface area contributed by atoms with Crippen molar-refractivity contribution in [1.29, 1.82) is 0 Å². The van der Waals surface area contributed by atoms with Crippen molar-refractivity contribution < 1.29 is 14.3 Å². The van der Waals surface area contributed by atoms with Gasteiger partial charge in [0.05, 0.1) is 12.1 Å². The fraction of sp³-hybridized carbons (Fsp3) is 0.611. The standard InChI is InChI=1S/C18H28ClN3O3/c1-22-7-4-13(5-8-22)3-6-21-11-14-9-15(19)18(16(10-14)24-2)25-12-17(20)23/h9-10,13,21H,3-8,11-12H2,1-2H3,(H2,20,23). The summed E-state index contributed by atoms with van der Waals surface area (Å²) in [6, 6.07) is 3.69. The molecule has 3 N–H and O–H groups in total. The van der Waals surface area contributed by atoms with Gasteiger partial charge in [-0.05, 0) is 69.6 Å². The van der Waals surface area contributed by atoms with Crippen molar-refractivity contribution in [2.45, 2.75) is 25.8 Å². The molecule has 25 heavy (non-hydrogen) atoms. The van der Waals surface area contributed by atoms with E-state index in [9.17, 15) is 4.79 Å². The fourth-order valence-electron chi connectivity index (χ4n) is 3.05. The lowest BCUT2D eigenvalue weighted by Crippen LogP contribution is -2.31. The quantitative estimate of drug-likeness (QED) is 0.651. The van der Waals surface area contributed by atoms with Gasteiger partial charge < -0.3 is 25.4 Å². The third kappa shape index (κ3) is 6.38. The Morgan fingerprint density at radius 2 is 2.12 bits per heavy atom. The summed E-state index contributed by atoms with van der Waals surface area (Å²) < 4.78 is 10.6. The Hall–Kier alpha value is -1.50. The number of primary amides is 1. The number of halogens is 1. The number of amides is 1. The Bertz CT molecular complexity index is 575. The van der Waals surface area contributed by atoms with E-state index in [4.69, 9.17) is 26.8 Å². The molecule has 1 amide bonds. The SMILES string of the molecule is COc1cc(CNCCC2CCN(C)CC2)cc(Cl)c1OCC(N)=O. The molecule has 7 heteroatoms. The molecule has 1 aliphatic rings. The second kappa shape index (κ2) is 9.85. The molecular weight excluding hydrogens is 342 g/mol. The summed E-state index contributed by atoms with van der Waals surface area (Å²) in [6.07, 6.45) is 3.76. The Labute approximate surface area is 154 Å². The highest BCUT2D eigenvalue weighted by Crippen LogP contribution is 2.36. The lowest BCUT2D eigenvalue weighted by molar-refractivity contribution is -0.119. The van der Waals surface area contributed by atoms with Crippen molar-refractivity contribution in [3.63, 3.8) is 0 Å². The van der Waals surface area contributed by atoms with Crippen molar-refractivity contribution in [1.82, 2.24) is 10.2 Å². The van der Waals surface area contributed by atoms with Crippen LogP contribution in [0.3, 0.4) is 0 Å². The summed E-state index contributed by atoms with van der Waals surface area (Å²) in [5.74, 6) is 1.10. The van der Waals surface area contributed by atoms with Gasteiger partial charge in [-0.2, -0.15) is 0 Å². The van der Waals surface area contributed by atoms with E-state index in [1.54, 1.807) is 7.11 Å². The van der Waals surface area contributed by atoms with Crippen LogP contribution in [0, 0.1) is 5.92 Å². The Morgan fingerprint density at radius 3 is 2.76 bits per heavy atom. The Kier molecular flexibility index (Phi) is 7.81. The minimum absolute atomic E-state index is 0.232. The average molecular weight is 370 g/mol. The highest BCUT2D eigenvalue weighted by atomic mass is 35.5. The van der Waals surface area contributed by atoms with Gasteiger partial charge in [-0.15, -0.1) is 0 Å². The highest BCUT2D eigenvalue weighted by molar-refractivity contribution is 6.32. The monoisotopic (exact) mass is 369 g/mol. The number of hydrogen-bond donors (Lipinski definition) is 2. The van der Waals surface area contributed by atoms with E-state index in [-0.39, 0.29) is 6.61 Å². The van der Waals surface area contributed by atoms with Crippen molar-refractivity contribution in [2.75, 3.05) is 40.4 Å². The molecule has 1 aliphatic heterocycles. The molecule has 0 spiro atoms. The van der Waals surface area contributed by atoms with Gasteiger partial charge in [-0.25, -0.2) is 0 Å². The number of hydrogen-bond acceptors (Lipinski definition) is 5. The summed E-state index contributed by atoms with van der Waals surface area (Å²) in [5, 5.41) is 3.88. The zero-order valence-electron chi connectivity index (χ0n) is 15.0. The van der Waals surface area contributed by atoms with Crippen LogP contribution in [0.1, 0.15) is 24.8 Å². The molecule has 1 aromatic carbocycles. The average Bonchev–Trinajstić information content (AvgIpc) is 2.58. The lowest BCUT2D eigenvalue weighted by Gasteiger charge is -2.28. The summed E-state index contributed by atoms with van der Waals surface area (Å²) in [6.45, 7) is 3.85. The topological polar surface area (TPSA) is 76.8 Å². The van der Waals surface area contributed by atoms with E-state index in [0.29, 0.717) is 23.1 Å². The normalized spacial score (nSPS) is 16.0. The van der Waals surface area contributed by atoms with Crippen LogP contribution in [0.2, 0.25) is 5.02 Å². The van der Waals surface area contributed by atoms with Crippen molar-refractivity contribution in [3.05, 3.63) is 22.7 Å². The van der Waals surface area contributed by atoms with Crippen LogP contribution in [0.5, 0.6) is 11.5 Å². The molecule has 0 radical (unpaired) electrons. The van der Waals surface area contributed by atoms with Crippen LogP contribution in [-0.2, 0) is 11.3 Å². The van der Waals surface area contributed by atoms with Crippen molar-refractivity contribution in [2.24, 2.45) is 11.7 Å². The molecule has 1 aromatic rings. The van der Waals surface area contributed by atoms with E-state index >= 15 is 0 Å². The summed E-state index contributed by atoms with van der Waals surface area (Å²) >= 11 is 6.26. The molecule has 6 nitrogen and oxygen atoms in total. The molecule has 0 aromatic heterocycles.